The summed E-state index contributed by atoms with van der Waals surface area (Å²) in [6.45, 7) is 9.90. The van der Waals surface area contributed by atoms with Crippen molar-refractivity contribution in [3.05, 3.63) is 35.9 Å². The van der Waals surface area contributed by atoms with Gasteiger partial charge < -0.3 is 0 Å². The van der Waals surface area contributed by atoms with E-state index in [9.17, 15) is 0 Å². The molecule has 3 unspecified atom stereocenters. The molecule has 2 fully saturated rings. The summed E-state index contributed by atoms with van der Waals surface area (Å²) in [6.07, 6.45) is 19.0. The molecule has 1 aromatic rings. The largest absolute Gasteiger partial charge is 0.0654 e. The molecule has 0 amide bonds. The first kappa shape index (κ1) is 23.9. The Balaban J connectivity index is 1.51. The molecule has 1 aromatic carbocycles. The van der Waals surface area contributed by atoms with Crippen LogP contribution >= 0.6 is 0 Å². The van der Waals surface area contributed by atoms with Crippen LogP contribution in [0, 0.1) is 35.5 Å². The van der Waals surface area contributed by atoms with E-state index in [0.29, 0.717) is 0 Å². The topological polar surface area (TPSA) is 0 Å². The van der Waals surface area contributed by atoms with E-state index in [4.69, 9.17) is 0 Å². The zero-order valence-electron chi connectivity index (χ0n) is 20.6. The third kappa shape index (κ3) is 6.37. The van der Waals surface area contributed by atoms with Gasteiger partial charge >= 0.3 is 0 Å². The Bertz CT molecular complexity index is 559. The van der Waals surface area contributed by atoms with Crippen molar-refractivity contribution in [2.75, 3.05) is 0 Å². The molecule has 0 bridgehead atoms. The summed E-state index contributed by atoms with van der Waals surface area (Å²) in [6, 6.07) is 11.4. The van der Waals surface area contributed by atoms with Crippen molar-refractivity contribution in [1.29, 1.82) is 0 Å². The highest BCUT2D eigenvalue weighted by Gasteiger charge is 2.35. The summed E-state index contributed by atoms with van der Waals surface area (Å²) >= 11 is 0. The lowest BCUT2D eigenvalue weighted by molar-refractivity contribution is 0.105. The van der Waals surface area contributed by atoms with E-state index in [0.717, 1.165) is 41.4 Å². The Kier molecular flexibility index (Phi) is 9.79. The minimum absolute atomic E-state index is 0.763. The van der Waals surface area contributed by atoms with Crippen LogP contribution in [-0.2, 0) is 0 Å². The van der Waals surface area contributed by atoms with Gasteiger partial charge in [-0.15, -0.1) is 0 Å². The maximum Gasteiger partial charge on any atom is -0.0134 e. The molecule has 3 atom stereocenters. The van der Waals surface area contributed by atoms with E-state index in [-0.39, 0.29) is 0 Å². The standard InChI is InChI=1S/C30H50/c1-5-7-14-30(29-12-9-8-10-13-29)24(4)28-21-19-27(20-22-28)23(3)26-17-15-25(11-6-2)16-18-26/h8-10,12-13,23-28,30H,5-7,11,14-22H2,1-4H3. The number of unbranched alkanes of at least 4 members (excludes halogenated alkanes) is 1. The molecule has 0 aromatic heterocycles. The van der Waals surface area contributed by atoms with E-state index in [1.807, 2.05) is 0 Å². The minimum atomic E-state index is 0.763. The summed E-state index contributed by atoms with van der Waals surface area (Å²) in [5.41, 5.74) is 1.60. The molecule has 170 valence electrons. The summed E-state index contributed by atoms with van der Waals surface area (Å²) in [5.74, 6) is 6.59. The lowest BCUT2D eigenvalue weighted by Crippen LogP contribution is -2.31. The van der Waals surface area contributed by atoms with Gasteiger partial charge in [0.2, 0.25) is 0 Å². The van der Waals surface area contributed by atoms with Crippen molar-refractivity contribution >= 4 is 0 Å². The maximum atomic E-state index is 2.62. The highest BCUT2D eigenvalue weighted by Crippen LogP contribution is 2.46. The van der Waals surface area contributed by atoms with Crippen LogP contribution in [0.15, 0.2) is 30.3 Å². The molecule has 2 aliphatic rings. The van der Waals surface area contributed by atoms with Crippen molar-refractivity contribution < 1.29 is 0 Å². The molecular weight excluding hydrogens is 360 g/mol. The number of benzene rings is 1. The second-order valence-electron chi connectivity index (χ2n) is 11.1. The van der Waals surface area contributed by atoms with Crippen molar-refractivity contribution in [2.45, 2.75) is 117 Å². The minimum Gasteiger partial charge on any atom is -0.0654 e. The SMILES string of the molecule is CCCCC(c1ccccc1)C(C)C1CCC(C(C)C2CCC(CCC)CC2)CC1. The molecular formula is C30H50. The molecule has 0 saturated heterocycles. The molecule has 0 N–H and O–H groups in total. The van der Waals surface area contributed by atoms with E-state index in [2.05, 4.69) is 58.0 Å². The summed E-state index contributed by atoms with van der Waals surface area (Å²) in [4.78, 5) is 0. The molecule has 0 nitrogen and oxygen atoms in total. The zero-order chi connectivity index (χ0) is 21.3. The van der Waals surface area contributed by atoms with Crippen molar-refractivity contribution in [3.63, 3.8) is 0 Å². The Labute approximate surface area is 188 Å². The van der Waals surface area contributed by atoms with Crippen molar-refractivity contribution in [1.82, 2.24) is 0 Å². The van der Waals surface area contributed by atoms with Gasteiger partial charge in [0.05, 0.1) is 0 Å². The molecule has 0 heteroatoms. The molecule has 2 saturated carbocycles. The van der Waals surface area contributed by atoms with Crippen LogP contribution < -0.4 is 0 Å². The normalized spacial score (nSPS) is 30.5. The van der Waals surface area contributed by atoms with Gasteiger partial charge in [-0.25, -0.2) is 0 Å². The first-order valence-electron chi connectivity index (χ1n) is 13.7. The van der Waals surface area contributed by atoms with Crippen molar-refractivity contribution in [2.24, 2.45) is 35.5 Å². The van der Waals surface area contributed by atoms with Gasteiger partial charge in [0, 0.05) is 0 Å². The first-order valence-corrected chi connectivity index (χ1v) is 13.7. The Morgan fingerprint density at radius 3 is 1.87 bits per heavy atom. The smallest absolute Gasteiger partial charge is 0.0134 e. The molecule has 30 heavy (non-hydrogen) atoms. The fraction of sp³-hybridized carbons (Fsp3) is 0.800. The number of rotatable bonds is 10. The lowest BCUT2D eigenvalue weighted by atomic mass is 9.64. The predicted octanol–water partition coefficient (Wildman–Crippen LogP) is 9.65. The average molecular weight is 411 g/mol. The van der Waals surface area contributed by atoms with Gasteiger partial charge in [0.25, 0.3) is 0 Å². The quantitative estimate of drug-likeness (QED) is 0.360. The van der Waals surface area contributed by atoms with Crippen LogP contribution in [0.4, 0.5) is 0 Å². The third-order valence-corrected chi connectivity index (χ3v) is 9.37. The van der Waals surface area contributed by atoms with Gasteiger partial charge in [-0.1, -0.05) is 96.6 Å². The fourth-order valence-corrected chi connectivity index (χ4v) is 7.18. The van der Waals surface area contributed by atoms with Crippen LogP contribution in [0.2, 0.25) is 0 Å². The predicted molar refractivity (Wildman–Crippen MR) is 133 cm³/mol. The van der Waals surface area contributed by atoms with Crippen LogP contribution in [0.5, 0.6) is 0 Å². The molecule has 3 rings (SSSR count). The second kappa shape index (κ2) is 12.3. The van der Waals surface area contributed by atoms with Gasteiger partial charge in [-0.2, -0.15) is 0 Å². The molecule has 0 spiro atoms. The van der Waals surface area contributed by atoms with Gasteiger partial charge in [0.15, 0.2) is 0 Å². The monoisotopic (exact) mass is 410 g/mol. The summed E-state index contributed by atoms with van der Waals surface area (Å²) in [5, 5.41) is 0. The maximum absolute atomic E-state index is 2.62. The molecule has 0 heterocycles. The Morgan fingerprint density at radius 1 is 0.733 bits per heavy atom. The van der Waals surface area contributed by atoms with Gasteiger partial charge in [0.1, 0.15) is 0 Å². The Morgan fingerprint density at radius 2 is 1.30 bits per heavy atom. The van der Waals surface area contributed by atoms with Crippen molar-refractivity contribution in [3.8, 4) is 0 Å². The highest BCUT2D eigenvalue weighted by molar-refractivity contribution is 5.20. The van der Waals surface area contributed by atoms with Gasteiger partial charge in [-0.3, -0.25) is 0 Å². The number of hydrogen-bond donors (Lipinski definition) is 0. The van der Waals surface area contributed by atoms with E-state index >= 15 is 0 Å². The van der Waals surface area contributed by atoms with Gasteiger partial charge in [-0.05, 0) is 91.9 Å². The average Bonchev–Trinajstić information content (AvgIpc) is 2.80. The Hall–Kier alpha value is -0.780. The highest BCUT2D eigenvalue weighted by atomic mass is 14.4. The van der Waals surface area contributed by atoms with E-state index in [1.54, 1.807) is 5.56 Å². The molecule has 0 radical (unpaired) electrons. The summed E-state index contributed by atoms with van der Waals surface area (Å²) in [7, 11) is 0. The van der Waals surface area contributed by atoms with Crippen LogP contribution in [0.25, 0.3) is 0 Å². The van der Waals surface area contributed by atoms with E-state index < -0.39 is 0 Å². The molecule has 2 aliphatic carbocycles. The lowest BCUT2D eigenvalue weighted by Gasteiger charge is -2.41. The zero-order valence-corrected chi connectivity index (χ0v) is 20.6. The second-order valence-corrected chi connectivity index (χ2v) is 11.1. The van der Waals surface area contributed by atoms with Crippen LogP contribution in [0.3, 0.4) is 0 Å². The number of hydrogen-bond acceptors (Lipinski definition) is 0. The molecule has 0 aliphatic heterocycles. The summed E-state index contributed by atoms with van der Waals surface area (Å²) < 4.78 is 0. The van der Waals surface area contributed by atoms with Crippen LogP contribution in [0.1, 0.15) is 123 Å². The third-order valence-electron chi connectivity index (χ3n) is 9.37. The van der Waals surface area contributed by atoms with Crippen LogP contribution in [-0.4, -0.2) is 0 Å². The first-order chi connectivity index (χ1) is 14.6. The fourth-order valence-electron chi connectivity index (χ4n) is 7.18. The van der Waals surface area contributed by atoms with E-state index in [1.165, 1.54) is 83.5 Å².